The monoisotopic (exact) mass is 548 g/mol. The van der Waals surface area contributed by atoms with Gasteiger partial charge in [0.05, 0.1) is 18.8 Å². The second-order valence-electron chi connectivity index (χ2n) is 9.86. The normalized spacial score (nSPS) is 13.5. The summed E-state index contributed by atoms with van der Waals surface area (Å²) in [7, 11) is 1.60. The molecule has 0 radical (unpaired) electrons. The van der Waals surface area contributed by atoms with Gasteiger partial charge in [-0.3, -0.25) is 0 Å². The lowest BCUT2D eigenvalue weighted by atomic mass is 9.87. The van der Waals surface area contributed by atoms with Crippen LogP contribution in [0, 0.1) is 0 Å². The highest BCUT2D eigenvalue weighted by molar-refractivity contribution is 5.94. The van der Waals surface area contributed by atoms with E-state index in [0.717, 1.165) is 57.7 Å². The van der Waals surface area contributed by atoms with Crippen LogP contribution in [0.1, 0.15) is 35.0 Å². The van der Waals surface area contributed by atoms with Gasteiger partial charge in [-0.15, -0.1) is 20.4 Å². The molecule has 2 N–H and O–H groups in total. The maximum Gasteiger partial charge on any atom is 0.415 e. The molecule has 41 heavy (non-hydrogen) atoms. The molecule has 0 atom stereocenters. The standard InChI is InChI=1S/C30H28N8O3/c1-3-31-21-8-6-18(7-9-21)29-36-33-27(34-37-29)17-38(2)30(40)41-23-11-13-25-20(15-23)5-4-19-14-22(39)10-12-24(19)26-16-32-35-28(25)26/h6-15,31,39H,3-5,16-17H2,1-2H3. The molecule has 2 heterocycles. The topological polar surface area (TPSA) is 138 Å². The highest BCUT2D eigenvalue weighted by atomic mass is 16.6. The number of amides is 1. The first-order valence-electron chi connectivity index (χ1n) is 13.4. The SMILES string of the molecule is CCNc1ccc(-c2nnc(CN(C)C(=O)Oc3ccc4c(c3)CCc3cc(O)ccc3C3=C4N=NC3)nn2)cc1. The molecule has 0 fully saturated rings. The maximum atomic E-state index is 12.9. The highest BCUT2D eigenvalue weighted by Gasteiger charge is 2.24. The molecule has 0 saturated carbocycles. The van der Waals surface area contributed by atoms with E-state index in [0.29, 0.717) is 30.4 Å². The van der Waals surface area contributed by atoms with Crippen LogP contribution in [0.15, 0.2) is 70.9 Å². The third-order valence-corrected chi connectivity index (χ3v) is 7.03. The lowest BCUT2D eigenvalue weighted by Crippen LogP contribution is -2.30. The summed E-state index contributed by atoms with van der Waals surface area (Å²) in [5.74, 6) is 1.35. The summed E-state index contributed by atoms with van der Waals surface area (Å²) in [4.78, 5) is 14.3. The lowest BCUT2D eigenvalue weighted by Gasteiger charge is -2.19. The number of phenols is 1. The van der Waals surface area contributed by atoms with Crippen LogP contribution < -0.4 is 10.1 Å². The van der Waals surface area contributed by atoms with Crippen LogP contribution in [0.5, 0.6) is 11.5 Å². The van der Waals surface area contributed by atoms with Crippen LogP contribution in [-0.2, 0) is 19.4 Å². The Labute approximate surface area is 236 Å². The molecule has 2 aliphatic rings. The molecule has 0 unspecified atom stereocenters. The summed E-state index contributed by atoms with van der Waals surface area (Å²) < 4.78 is 5.69. The van der Waals surface area contributed by atoms with Crippen LogP contribution >= 0.6 is 0 Å². The highest BCUT2D eigenvalue weighted by Crippen LogP contribution is 2.39. The molecule has 4 aromatic rings. The molecule has 11 heteroatoms. The number of phenolic OH excluding ortho intramolecular Hbond substituents is 1. The summed E-state index contributed by atoms with van der Waals surface area (Å²) in [5, 5.41) is 38.6. The van der Waals surface area contributed by atoms with Crippen LogP contribution in [0.2, 0.25) is 0 Å². The number of carbonyl (C=O) groups excluding carboxylic acids is 1. The number of fused-ring (bicyclic) bond motifs is 4. The Morgan fingerprint density at radius 3 is 2.44 bits per heavy atom. The molecule has 3 aromatic carbocycles. The van der Waals surface area contributed by atoms with Gasteiger partial charge in [-0.05, 0) is 91.1 Å². The fourth-order valence-corrected chi connectivity index (χ4v) is 4.99. The van der Waals surface area contributed by atoms with Gasteiger partial charge in [0.1, 0.15) is 11.5 Å². The maximum absolute atomic E-state index is 12.9. The van der Waals surface area contributed by atoms with Crippen molar-refractivity contribution in [1.82, 2.24) is 25.3 Å². The zero-order valence-electron chi connectivity index (χ0n) is 22.7. The number of nitrogens with one attached hydrogen (secondary N) is 1. The van der Waals surface area contributed by atoms with Crippen LogP contribution in [0.25, 0.3) is 22.7 Å². The number of anilines is 1. The summed E-state index contributed by atoms with van der Waals surface area (Å²) >= 11 is 0. The number of hydrogen-bond acceptors (Lipinski definition) is 10. The van der Waals surface area contributed by atoms with Gasteiger partial charge >= 0.3 is 6.09 Å². The summed E-state index contributed by atoms with van der Waals surface area (Å²) in [6.45, 7) is 3.45. The second-order valence-corrected chi connectivity index (χ2v) is 9.86. The third-order valence-electron chi connectivity index (χ3n) is 7.03. The number of azo groups is 1. The Morgan fingerprint density at radius 2 is 1.68 bits per heavy atom. The minimum atomic E-state index is -0.557. The van der Waals surface area contributed by atoms with Crippen LogP contribution in [-0.4, -0.2) is 56.6 Å². The van der Waals surface area contributed by atoms with Crippen molar-refractivity contribution >= 4 is 23.1 Å². The predicted molar refractivity (Wildman–Crippen MR) is 153 cm³/mol. The molecule has 1 amide bonds. The first-order chi connectivity index (χ1) is 20.0. The number of benzene rings is 3. The van der Waals surface area contributed by atoms with Crippen molar-refractivity contribution in [1.29, 1.82) is 0 Å². The van der Waals surface area contributed by atoms with E-state index in [1.165, 1.54) is 4.90 Å². The summed E-state index contributed by atoms with van der Waals surface area (Å²) in [5.41, 5.74) is 7.71. The van der Waals surface area contributed by atoms with Gasteiger partial charge in [0, 0.05) is 36.0 Å². The van der Waals surface area contributed by atoms with Crippen molar-refractivity contribution in [3.05, 3.63) is 88.7 Å². The zero-order valence-corrected chi connectivity index (χ0v) is 22.7. The molecule has 1 aromatic heterocycles. The van der Waals surface area contributed by atoms with Gasteiger partial charge in [0.15, 0.2) is 5.82 Å². The average molecular weight is 549 g/mol. The fourth-order valence-electron chi connectivity index (χ4n) is 4.99. The van der Waals surface area contributed by atoms with Gasteiger partial charge < -0.3 is 20.1 Å². The van der Waals surface area contributed by atoms with Crippen molar-refractivity contribution in [2.75, 3.05) is 25.5 Å². The number of rotatable bonds is 6. The van der Waals surface area contributed by atoms with E-state index in [-0.39, 0.29) is 12.3 Å². The van der Waals surface area contributed by atoms with Crippen molar-refractivity contribution in [3.8, 4) is 22.9 Å². The molecule has 206 valence electrons. The largest absolute Gasteiger partial charge is 0.508 e. The second kappa shape index (κ2) is 11.1. The van der Waals surface area contributed by atoms with Crippen LogP contribution in [0.3, 0.4) is 0 Å². The Hall–Kier alpha value is -5.19. The Morgan fingerprint density at radius 1 is 0.951 bits per heavy atom. The average Bonchev–Trinajstić information content (AvgIpc) is 3.45. The van der Waals surface area contributed by atoms with Gasteiger partial charge in [0.2, 0.25) is 5.82 Å². The number of aromatic nitrogens is 4. The molecule has 1 aliphatic carbocycles. The first-order valence-corrected chi connectivity index (χ1v) is 13.4. The molecule has 0 saturated heterocycles. The van der Waals surface area contributed by atoms with Gasteiger partial charge in [0.25, 0.3) is 0 Å². The van der Waals surface area contributed by atoms with E-state index in [1.807, 2.05) is 49.4 Å². The van der Waals surface area contributed by atoms with Crippen molar-refractivity contribution < 1.29 is 14.6 Å². The minimum Gasteiger partial charge on any atom is -0.508 e. The number of aryl methyl sites for hydroxylation is 2. The van der Waals surface area contributed by atoms with Crippen LogP contribution in [0.4, 0.5) is 10.5 Å². The zero-order chi connectivity index (χ0) is 28.3. The Bertz CT molecular complexity index is 1670. The lowest BCUT2D eigenvalue weighted by molar-refractivity contribution is 0.159. The van der Waals surface area contributed by atoms with E-state index in [2.05, 4.69) is 35.9 Å². The summed E-state index contributed by atoms with van der Waals surface area (Å²) in [6, 6.07) is 18.7. The molecular formula is C30H28N8O3. The third kappa shape index (κ3) is 5.46. The Balaban J connectivity index is 1.14. The molecule has 6 rings (SSSR count). The quantitative estimate of drug-likeness (QED) is 0.338. The van der Waals surface area contributed by atoms with E-state index >= 15 is 0 Å². The predicted octanol–water partition coefficient (Wildman–Crippen LogP) is 5.13. The molecule has 1 aliphatic heterocycles. The number of carbonyl (C=O) groups is 1. The van der Waals surface area contributed by atoms with Gasteiger partial charge in [-0.2, -0.15) is 10.2 Å². The van der Waals surface area contributed by atoms with E-state index in [4.69, 9.17) is 4.74 Å². The summed E-state index contributed by atoms with van der Waals surface area (Å²) in [6.07, 6.45) is 0.852. The smallest absolute Gasteiger partial charge is 0.415 e. The minimum absolute atomic E-state index is 0.0836. The molecule has 0 spiro atoms. The van der Waals surface area contributed by atoms with E-state index < -0.39 is 6.09 Å². The molecule has 0 bridgehead atoms. The molecule has 11 nitrogen and oxygen atoms in total. The van der Waals surface area contributed by atoms with Crippen molar-refractivity contribution in [2.45, 2.75) is 26.3 Å². The number of nitrogens with zero attached hydrogens (tertiary/aromatic N) is 7. The first kappa shape index (κ1) is 26.1. The van der Waals surface area contributed by atoms with Gasteiger partial charge in [-0.25, -0.2) is 4.79 Å². The Kier molecular flexibility index (Phi) is 7.07. The van der Waals surface area contributed by atoms with Crippen molar-refractivity contribution in [3.63, 3.8) is 0 Å². The van der Waals surface area contributed by atoms with Gasteiger partial charge in [-0.1, -0.05) is 6.07 Å². The molecular weight excluding hydrogens is 520 g/mol. The number of hydrogen-bond donors (Lipinski definition) is 2. The number of ether oxygens (including phenoxy) is 1. The number of aromatic hydroxyl groups is 1. The van der Waals surface area contributed by atoms with E-state index in [1.54, 1.807) is 25.2 Å². The van der Waals surface area contributed by atoms with E-state index in [9.17, 15) is 9.90 Å². The van der Waals surface area contributed by atoms with Crippen molar-refractivity contribution in [2.24, 2.45) is 10.2 Å². The fraction of sp³-hybridized carbons (Fsp3) is 0.233.